The molecule has 0 aromatic carbocycles. The molecule has 23 heavy (non-hydrogen) atoms. The highest BCUT2D eigenvalue weighted by Crippen LogP contribution is 2.25. The number of amides is 4. The van der Waals surface area contributed by atoms with Gasteiger partial charge in [-0.3, -0.25) is 25.0 Å². The van der Waals surface area contributed by atoms with E-state index in [0.29, 0.717) is 6.42 Å². The first-order valence-corrected chi connectivity index (χ1v) is 8.76. The predicted octanol–water partition coefficient (Wildman–Crippen LogP) is 2.46. The molecule has 2 fully saturated rings. The summed E-state index contributed by atoms with van der Waals surface area (Å²) >= 11 is 0. The number of ketones is 1. The van der Waals surface area contributed by atoms with Gasteiger partial charge in [-0.05, 0) is 19.3 Å². The highest BCUT2D eigenvalue weighted by atomic mass is 16.2. The lowest BCUT2D eigenvalue weighted by Gasteiger charge is -2.24. The number of rotatable bonds is 2. The average molecular weight is 322 g/mol. The van der Waals surface area contributed by atoms with Gasteiger partial charge in [-0.15, -0.1) is 0 Å². The van der Waals surface area contributed by atoms with Crippen LogP contribution in [0.3, 0.4) is 0 Å². The maximum Gasteiger partial charge on any atom is 0.328 e. The van der Waals surface area contributed by atoms with E-state index in [1.54, 1.807) is 0 Å². The molecule has 6 heteroatoms. The fraction of sp³-hybridized carbons (Fsp3) is 0.765. The molecule has 1 saturated carbocycles. The van der Waals surface area contributed by atoms with Crippen molar-refractivity contribution in [3.05, 3.63) is 0 Å². The first-order valence-electron chi connectivity index (χ1n) is 8.76. The van der Waals surface area contributed by atoms with Crippen molar-refractivity contribution >= 4 is 23.6 Å². The summed E-state index contributed by atoms with van der Waals surface area (Å²) in [6, 6.07) is -0.777. The van der Waals surface area contributed by atoms with E-state index in [1.807, 2.05) is 0 Å². The van der Waals surface area contributed by atoms with Crippen LogP contribution in [0.25, 0.3) is 0 Å². The van der Waals surface area contributed by atoms with Crippen LogP contribution in [0.15, 0.2) is 0 Å². The van der Waals surface area contributed by atoms with Crippen molar-refractivity contribution in [1.82, 2.24) is 10.6 Å². The lowest BCUT2D eigenvalue weighted by atomic mass is 9.83. The summed E-state index contributed by atoms with van der Waals surface area (Å²) in [6.45, 7) is 0. The largest absolute Gasteiger partial charge is 0.328 e. The van der Waals surface area contributed by atoms with E-state index < -0.39 is 23.8 Å². The normalized spacial score (nSPS) is 26.0. The van der Waals surface area contributed by atoms with Gasteiger partial charge in [0.1, 0.15) is 11.7 Å². The molecule has 1 heterocycles. The van der Waals surface area contributed by atoms with Crippen LogP contribution in [0.1, 0.15) is 70.6 Å². The van der Waals surface area contributed by atoms with Gasteiger partial charge in [0.2, 0.25) is 11.8 Å². The fourth-order valence-corrected chi connectivity index (χ4v) is 3.41. The van der Waals surface area contributed by atoms with Crippen molar-refractivity contribution in [2.24, 2.45) is 11.8 Å². The maximum atomic E-state index is 12.5. The standard InChI is InChI=1S/C17H26N2O4/c20-14-10-8-6-4-2-1-3-5-7-9-12(14)11-13-15(21)18-17(23)19-16(13)22/h12-13H,1-11H2,(H2,18,19,21,22,23)/t12-/m1/s1. The number of imide groups is 2. The molecule has 0 spiro atoms. The van der Waals surface area contributed by atoms with Gasteiger partial charge in [-0.25, -0.2) is 4.79 Å². The molecule has 0 unspecified atom stereocenters. The summed E-state index contributed by atoms with van der Waals surface area (Å²) < 4.78 is 0. The quantitative estimate of drug-likeness (QED) is 0.764. The Morgan fingerprint density at radius 3 is 1.87 bits per heavy atom. The lowest BCUT2D eigenvalue weighted by molar-refractivity contribution is -0.137. The third-order valence-corrected chi connectivity index (χ3v) is 4.81. The second-order valence-corrected chi connectivity index (χ2v) is 6.63. The number of carbonyl (C=O) groups excluding carboxylic acids is 4. The first kappa shape index (κ1) is 17.6. The Morgan fingerprint density at radius 1 is 0.739 bits per heavy atom. The maximum absolute atomic E-state index is 12.5. The van der Waals surface area contributed by atoms with Gasteiger partial charge in [0.25, 0.3) is 0 Å². The molecule has 0 aromatic heterocycles. The van der Waals surface area contributed by atoms with Crippen molar-refractivity contribution in [3.63, 3.8) is 0 Å². The molecule has 6 nitrogen and oxygen atoms in total. The summed E-state index contributed by atoms with van der Waals surface area (Å²) in [5.74, 6) is -2.21. The number of urea groups is 1. The van der Waals surface area contributed by atoms with Crippen molar-refractivity contribution in [2.45, 2.75) is 70.6 Å². The third-order valence-electron chi connectivity index (χ3n) is 4.81. The number of hydrogen-bond donors (Lipinski definition) is 2. The lowest BCUT2D eigenvalue weighted by Crippen LogP contribution is -2.56. The zero-order chi connectivity index (χ0) is 16.7. The monoisotopic (exact) mass is 322 g/mol. The van der Waals surface area contributed by atoms with Crippen LogP contribution in [-0.4, -0.2) is 23.6 Å². The molecule has 0 radical (unpaired) electrons. The minimum absolute atomic E-state index is 0.156. The summed E-state index contributed by atoms with van der Waals surface area (Å²) in [4.78, 5) is 47.3. The van der Waals surface area contributed by atoms with Crippen molar-refractivity contribution < 1.29 is 19.2 Å². The van der Waals surface area contributed by atoms with Crippen LogP contribution < -0.4 is 10.6 Å². The first-order chi connectivity index (χ1) is 11.1. The fourth-order valence-electron chi connectivity index (χ4n) is 3.41. The van der Waals surface area contributed by atoms with Gasteiger partial charge in [0.05, 0.1) is 0 Å². The van der Waals surface area contributed by atoms with Gasteiger partial charge in [0.15, 0.2) is 0 Å². The molecule has 2 aliphatic rings. The summed E-state index contributed by atoms with van der Waals surface area (Å²) in [7, 11) is 0. The Kier molecular flexibility index (Phi) is 6.74. The van der Waals surface area contributed by atoms with Crippen LogP contribution in [0.5, 0.6) is 0 Å². The van der Waals surface area contributed by atoms with E-state index in [4.69, 9.17) is 0 Å². The van der Waals surface area contributed by atoms with Crippen LogP contribution in [-0.2, 0) is 14.4 Å². The number of carbonyl (C=O) groups is 4. The molecule has 1 saturated heterocycles. The minimum Gasteiger partial charge on any atom is -0.299 e. The van der Waals surface area contributed by atoms with Gasteiger partial charge in [-0.1, -0.05) is 44.9 Å². The Bertz CT molecular complexity index is 455. The number of barbiturate groups is 1. The predicted molar refractivity (Wildman–Crippen MR) is 84.5 cm³/mol. The molecular weight excluding hydrogens is 296 g/mol. The number of hydrogen-bond acceptors (Lipinski definition) is 4. The van der Waals surface area contributed by atoms with Crippen LogP contribution in [0, 0.1) is 11.8 Å². The molecule has 1 aliphatic carbocycles. The average Bonchev–Trinajstić information content (AvgIpc) is 2.48. The van der Waals surface area contributed by atoms with Crippen molar-refractivity contribution in [2.75, 3.05) is 0 Å². The van der Waals surface area contributed by atoms with E-state index in [1.165, 1.54) is 25.7 Å². The van der Waals surface area contributed by atoms with E-state index in [-0.39, 0.29) is 18.1 Å². The van der Waals surface area contributed by atoms with Crippen LogP contribution in [0.4, 0.5) is 4.79 Å². The zero-order valence-corrected chi connectivity index (χ0v) is 13.6. The molecule has 0 aromatic rings. The van der Waals surface area contributed by atoms with Crippen LogP contribution in [0.2, 0.25) is 0 Å². The van der Waals surface area contributed by atoms with Crippen LogP contribution >= 0.6 is 0 Å². The molecular formula is C17H26N2O4. The molecule has 2 N–H and O–H groups in total. The SMILES string of the molecule is O=C1NC(=O)C(C[C@H]2CCCCCCCCCCC2=O)C(=O)N1. The highest BCUT2D eigenvalue weighted by molar-refractivity contribution is 6.16. The van der Waals surface area contributed by atoms with E-state index in [9.17, 15) is 19.2 Å². The molecule has 4 amide bonds. The third kappa shape index (κ3) is 5.44. The Morgan fingerprint density at radius 2 is 1.26 bits per heavy atom. The number of nitrogens with one attached hydrogen (secondary N) is 2. The van der Waals surface area contributed by atoms with Gasteiger partial charge >= 0.3 is 6.03 Å². The van der Waals surface area contributed by atoms with Gasteiger partial charge in [0, 0.05) is 12.3 Å². The topological polar surface area (TPSA) is 92.3 Å². The van der Waals surface area contributed by atoms with Gasteiger partial charge in [-0.2, -0.15) is 0 Å². The molecule has 1 atom stereocenters. The van der Waals surface area contributed by atoms with E-state index >= 15 is 0 Å². The van der Waals surface area contributed by atoms with Crippen molar-refractivity contribution in [3.8, 4) is 0 Å². The van der Waals surface area contributed by atoms with E-state index in [2.05, 4.69) is 10.6 Å². The second kappa shape index (κ2) is 8.79. The summed E-state index contributed by atoms with van der Waals surface area (Å²) in [6.07, 6.45) is 10.3. The molecule has 128 valence electrons. The molecule has 1 aliphatic heterocycles. The second-order valence-electron chi connectivity index (χ2n) is 6.63. The Balaban J connectivity index is 1.97. The summed E-state index contributed by atoms with van der Waals surface area (Å²) in [5.41, 5.74) is 0. The number of Topliss-reactive ketones (excluding diaryl/α,β-unsaturated/α-hetero) is 1. The Labute approximate surface area is 136 Å². The smallest absolute Gasteiger partial charge is 0.299 e. The minimum atomic E-state index is -0.936. The zero-order valence-electron chi connectivity index (χ0n) is 13.6. The molecule has 0 bridgehead atoms. The van der Waals surface area contributed by atoms with Crippen molar-refractivity contribution in [1.29, 1.82) is 0 Å². The molecule has 2 rings (SSSR count). The van der Waals surface area contributed by atoms with E-state index in [0.717, 1.165) is 32.1 Å². The summed E-state index contributed by atoms with van der Waals surface area (Å²) in [5, 5.41) is 4.22. The Hall–Kier alpha value is -1.72. The highest BCUT2D eigenvalue weighted by Gasteiger charge is 2.37. The van der Waals surface area contributed by atoms with Gasteiger partial charge < -0.3 is 0 Å².